The topological polar surface area (TPSA) is 76.0 Å². The minimum atomic E-state index is -2.75. The summed E-state index contributed by atoms with van der Waals surface area (Å²) >= 11 is 0. The molecular weight excluding hydrogens is 218 g/mol. The molecule has 1 aliphatic carbocycles. The van der Waals surface area contributed by atoms with Crippen molar-refractivity contribution >= 4 is 15.2 Å². The van der Waals surface area contributed by atoms with Crippen molar-refractivity contribution in [1.82, 2.24) is 0 Å². The molecule has 0 heterocycles. The van der Waals surface area contributed by atoms with E-state index in [0.29, 0.717) is 6.42 Å². The number of aliphatic hydroxyl groups is 2. The fourth-order valence-electron chi connectivity index (χ4n) is 1.47. The summed E-state index contributed by atoms with van der Waals surface area (Å²) in [6, 6.07) is 0. The van der Waals surface area contributed by atoms with Crippen molar-refractivity contribution in [2.24, 2.45) is 0 Å². The minimum absolute atomic E-state index is 0.0787. The van der Waals surface area contributed by atoms with Crippen molar-refractivity contribution in [1.29, 1.82) is 0 Å². The van der Waals surface area contributed by atoms with Gasteiger partial charge in [0.15, 0.2) is 0 Å². The lowest BCUT2D eigenvalue weighted by atomic mass is 9.84. The first-order valence-electron chi connectivity index (χ1n) is 4.73. The third-order valence-corrected chi connectivity index (χ3v) is 3.97. The molecule has 0 saturated heterocycles. The van der Waals surface area contributed by atoms with E-state index in [1.54, 1.807) is 0 Å². The molecule has 1 aliphatic rings. The van der Waals surface area contributed by atoms with Gasteiger partial charge >= 0.3 is 0 Å². The molecule has 1 saturated carbocycles. The molecule has 1 fully saturated rings. The number of hydrogen-bond donors (Lipinski definition) is 2. The fourth-order valence-corrected chi connectivity index (χ4v) is 2.04. The van der Waals surface area contributed by atoms with E-state index >= 15 is 0 Å². The second-order valence-corrected chi connectivity index (χ2v) is 6.56. The van der Waals surface area contributed by atoms with E-state index in [1.165, 1.54) is 13.8 Å². The van der Waals surface area contributed by atoms with Gasteiger partial charge in [-0.15, -0.1) is 0 Å². The third kappa shape index (κ3) is 3.29. The summed E-state index contributed by atoms with van der Waals surface area (Å²) in [5, 5.41) is 18.9. The molecule has 86 valence electrons. The zero-order chi connectivity index (χ0) is 11.6. The highest BCUT2D eigenvalue weighted by molar-refractivity contribution is 7.57. The van der Waals surface area contributed by atoms with Crippen LogP contribution in [0.3, 0.4) is 0 Å². The first-order valence-corrected chi connectivity index (χ1v) is 6.98. The van der Waals surface area contributed by atoms with Crippen molar-refractivity contribution in [2.75, 3.05) is 20.1 Å². The highest BCUT2D eigenvalue weighted by Crippen LogP contribution is 2.43. The molecule has 2 radical (unpaired) electrons. The van der Waals surface area contributed by atoms with Crippen LogP contribution in [0.25, 0.3) is 0 Å². The largest absolute Gasteiger partial charge is 0.391 e. The highest BCUT2D eigenvalue weighted by atomic mass is 31.2. The Morgan fingerprint density at radius 2 is 2.07 bits per heavy atom. The molecule has 5 nitrogen and oxygen atoms in total. The quantitative estimate of drug-likeness (QED) is 0.527. The van der Waals surface area contributed by atoms with E-state index in [9.17, 15) is 14.8 Å². The standard InChI is InChI=1S/C8H16BO5P/c1-13-15(2,12)4-14-6-3-5(9)7(10)8(6)11/h5-8,10-11H,3-4H2,1-2H3. The molecule has 2 N–H and O–H groups in total. The Balaban J connectivity index is 2.44. The van der Waals surface area contributed by atoms with E-state index in [-0.39, 0.29) is 6.35 Å². The van der Waals surface area contributed by atoms with Crippen molar-refractivity contribution < 1.29 is 24.0 Å². The van der Waals surface area contributed by atoms with E-state index < -0.39 is 31.5 Å². The van der Waals surface area contributed by atoms with Crippen LogP contribution in [0.15, 0.2) is 0 Å². The van der Waals surface area contributed by atoms with Crippen LogP contribution < -0.4 is 0 Å². The fraction of sp³-hybridized carbons (Fsp3) is 1.00. The predicted octanol–water partition coefficient (Wildman–Crippen LogP) is -0.0341. The van der Waals surface area contributed by atoms with E-state index in [2.05, 4.69) is 0 Å². The van der Waals surface area contributed by atoms with Gasteiger partial charge in [-0.05, 0) is 12.2 Å². The molecule has 0 amide bonds. The van der Waals surface area contributed by atoms with Gasteiger partial charge in [-0.1, -0.05) is 0 Å². The minimum Gasteiger partial charge on any atom is -0.391 e. The molecule has 0 aliphatic heterocycles. The van der Waals surface area contributed by atoms with Crippen molar-refractivity contribution in [2.45, 2.75) is 30.5 Å². The normalized spacial score (nSPS) is 40.3. The summed E-state index contributed by atoms with van der Waals surface area (Å²) in [7, 11) is 4.14. The van der Waals surface area contributed by atoms with Crippen LogP contribution in [0.5, 0.6) is 0 Å². The second-order valence-electron chi connectivity index (χ2n) is 3.91. The molecule has 0 aromatic carbocycles. The van der Waals surface area contributed by atoms with Crippen LogP contribution in [0, 0.1) is 0 Å². The van der Waals surface area contributed by atoms with Gasteiger partial charge in [0.25, 0.3) is 0 Å². The van der Waals surface area contributed by atoms with Crippen LogP contribution in [0.4, 0.5) is 0 Å². The maximum absolute atomic E-state index is 11.5. The van der Waals surface area contributed by atoms with Crippen molar-refractivity contribution in [3.63, 3.8) is 0 Å². The molecule has 15 heavy (non-hydrogen) atoms. The summed E-state index contributed by atoms with van der Waals surface area (Å²) in [5.74, 6) is -0.496. The molecule has 0 spiro atoms. The smallest absolute Gasteiger partial charge is 0.224 e. The van der Waals surface area contributed by atoms with Gasteiger partial charge in [0, 0.05) is 13.8 Å². The van der Waals surface area contributed by atoms with E-state index in [1.807, 2.05) is 0 Å². The molecular formula is C8H16BO5P. The van der Waals surface area contributed by atoms with Gasteiger partial charge in [-0.25, -0.2) is 0 Å². The van der Waals surface area contributed by atoms with Gasteiger partial charge in [0.2, 0.25) is 7.37 Å². The van der Waals surface area contributed by atoms with E-state index in [4.69, 9.17) is 17.1 Å². The molecule has 5 atom stereocenters. The van der Waals surface area contributed by atoms with Crippen molar-refractivity contribution in [3.8, 4) is 0 Å². The SMILES string of the molecule is [B]C1CC(OCP(C)(=O)OC)C(O)C1O. The van der Waals surface area contributed by atoms with Gasteiger partial charge in [-0.3, -0.25) is 4.57 Å². The van der Waals surface area contributed by atoms with Crippen LogP contribution in [-0.2, 0) is 13.8 Å². The molecule has 5 unspecified atom stereocenters. The highest BCUT2D eigenvalue weighted by Gasteiger charge is 2.39. The van der Waals surface area contributed by atoms with Crippen LogP contribution in [0.1, 0.15) is 6.42 Å². The summed E-state index contributed by atoms with van der Waals surface area (Å²) in [4.78, 5) is 0. The zero-order valence-electron chi connectivity index (χ0n) is 8.87. The molecule has 7 heteroatoms. The van der Waals surface area contributed by atoms with Gasteiger partial charge < -0.3 is 19.5 Å². The first kappa shape index (κ1) is 13.2. The molecule has 0 aromatic heterocycles. The first-order chi connectivity index (χ1) is 6.87. The summed E-state index contributed by atoms with van der Waals surface area (Å²) < 4.78 is 21.5. The van der Waals surface area contributed by atoms with Crippen molar-refractivity contribution in [3.05, 3.63) is 0 Å². The Morgan fingerprint density at radius 3 is 2.47 bits per heavy atom. The summed E-state index contributed by atoms with van der Waals surface area (Å²) in [6.45, 7) is 1.45. The number of ether oxygens (including phenoxy) is 1. The summed E-state index contributed by atoms with van der Waals surface area (Å²) in [6.07, 6.45) is -2.29. The lowest BCUT2D eigenvalue weighted by molar-refractivity contribution is -0.0433. The Morgan fingerprint density at radius 1 is 1.47 bits per heavy atom. The molecule has 0 aromatic rings. The third-order valence-electron chi connectivity index (χ3n) is 2.58. The van der Waals surface area contributed by atoms with Gasteiger partial charge in [0.05, 0.1) is 20.1 Å². The van der Waals surface area contributed by atoms with Crippen LogP contribution in [-0.4, -0.2) is 56.5 Å². The predicted molar refractivity (Wildman–Crippen MR) is 56.4 cm³/mol. The number of aliphatic hydroxyl groups excluding tert-OH is 2. The monoisotopic (exact) mass is 234 g/mol. The lowest BCUT2D eigenvalue weighted by Gasteiger charge is -2.19. The maximum atomic E-state index is 11.5. The zero-order valence-corrected chi connectivity index (χ0v) is 9.76. The van der Waals surface area contributed by atoms with Crippen LogP contribution in [0.2, 0.25) is 5.82 Å². The number of rotatable bonds is 4. The Labute approximate surface area is 90.6 Å². The Bertz CT molecular complexity index is 261. The average Bonchev–Trinajstić information content (AvgIpc) is 2.43. The Hall–Kier alpha value is 0.135. The Kier molecular flexibility index (Phi) is 4.38. The molecule has 0 bridgehead atoms. The lowest BCUT2D eigenvalue weighted by Crippen LogP contribution is -2.31. The van der Waals surface area contributed by atoms with Gasteiger partial charge in [-0.2, -0.15) is 0 Å². The van der Waals surface area contributed by atoms with E-state index in [0.717, 1.165) is 0 Å². The maximum Gasteiger partial charge on any atom is 0.224 e. The second kappa shape index (κ2) is 4.98. The van der Waals surface area contributed by atoms with Gasteiger partial charge in [0.1, 0.15) is 12.5 Å². The average molecular weight is 234 g/mol. The molecule has 1 rings (SSSR count). The summed E-state index contributed by atoms with van der Waals surface area (Å²) in [5.41, 5.74) is 0. The van der Waals surface area contributed by atoms with Crippen LogP contribution >= 0.6 is 7.37 Å². The number of hydrogen-bond acceptors (Lipinski definition) is 5.